The standard InChI is InChI=1S/C13H9BrFNO2/c14-8-3-4-9(15)12-11(8)7(13(17)18)5-10(16-12)6-1-2-6/h3-6H,1-2H2,(H,17,18). The van der Waals surface area contributed by atoms with E-state index in [2.05, 4.69) is 20.9 Å². The highest BCUT2D eigenvalue weighted by Gasteiger charge is 2.28. The topological polar surface area (TPSA) is 50.2 Å². The van der Waals surface area contributed by atoms with Gasteiger partial charge >= 0.3 is 5.97 Å². The van der Waals surface area contributed by atoms with Crippen LogP contribution in [0, 0.1) is 5.82 Å². The van der Waals surface area contributed by atoms with Gasteiger partial charge < -0.3 is 5.11 Å². The maximum absolute atomic E-state index is 13.8. The van der Waals surface area contributed by atoms with Gasteiger partial charge in [-0.05, 0) is 31.0 Å². The van der Waals surface area contributed by atoms with Crippen molar-refractivity contribution in [2.24, 2.45) is 0 Å². The lowest BCUT2D eigenvalue weighted by atomic mass is 10.1. The van der Waals surface area contributed by atoms with E-state index in [1.165, 1.54) is 12.1 Å². The van der Waals surface area contributed by atoms with E-state index in [1.54, 1.807) is 6.07 Å². The van der Waals surface area contributed by atoms with Gasteiger partial charge in [0.2, 0.25) is 0 Å². The number of rotatable bonds is 2. The second-order valence-electron chi connectivity index (χ2n) is 4.43. The molecular formula is C13H9BrFNO2. The molecule has 0 spiro atoms. The highest BCUT2D eigenvalue weighted by atomic mass is 79.9. The number of carboxylic acid groups (broad SMARTS) is 1. The monoisotopic (exact) mass is 309 g/mol. The summed E-state index contributed by atoms with van der Waals surface area (Å²) in [5.74, 6) is -1.26. The Bertz CT molecular complexity index is 668. The predicted octanol–water partition coefficient (Wildman–Crippen LogP) is 3.71. The third-order valence-electron chi connectivity index (χ3n) is 3.11. The molecule has 3 rings (SSSR count). The summed E-state index contributed by atoms with van der Waals surface area (Å²) in [7, 11) is 0. The van der Waals surface area contributed by atoms with Crippen LogP contribution in [0.5, 0.6) is 0 Å². The van der Waals surface area contributed by atoms with Crippen molar-refractivity contribution >= 4 is 32.8 Å². The molecule has 1 fully saturated rings. The summed E-state index contributed by atoms with van der Waals surface area (Å²) >= 11 is 3.26. The summed E-state index contributed by atoms with van der Waals surface area (Å²) in [6, 6.07) is 4.36. The molecule has 1 aromatic heterocycles. The molecule has 1 aromatic carbocycles. The SMILES string of the molecule is O=C(O)c1cc(C2CC2)nc2c(F)ccc(Br)c12. The van der Waals surface area contributed by atoms with Gasteiger partial charge in [-0.1, -0.05) is 15.9 Å². The van der Waals surface area contributed by atoms with Crippen molar-refractivity contribution in [2.45, 2.75) is 18.8 Å². The summed E-state index contributed by atoms with van der Waals surface area (Å²) in [6.45, 7) is 0. The summed E-state index contributed by atoms with van der Waals surface area (Å²) in [6.07, 6.45) is 1.99. The number of benzene rings is 1. The Balaban J connectivity index is 2.40. The molecule has 0 bridgehead atoms. The number of aromatic carboxylic acids is 1. The van der Waals surface area contributed by atoms with Crippen LogP contribution in [-0.2, 0) is 0 Å². The first-order valence-corrected chi connectivity index (χ1v) is 6.39. The second-order valence-corrected chi connectivity index (χ2v) is 5.28. The van der Waals surface area contributed by atoms with E-state index in [4.69, 9.17) is 0 Å². The smallest absolute Gasteiger partial charge is 0.336 e. The van der Waals surface area contributed by atoms with E-state index in [0.29, 0.717) is 15.6 Å². The highest BCUT2D eigenvalue weighted by molar-refractivity contribution is 9.10. The third kappa shape index (κ3) is 1.79. The Morgan fingerprint density at radius 1 is 1.44 bits per heavy atom. The number of nitrogens with zero attached hydrogens (tertiary/aromatic N) is 1. The number of halogens is 2. The van der Waals surface area contributed by atoms with E-state index in [-0.39, 0.29) is 17.0 Å². The summed E-state index contributed by atoms with van der Waals surface area (Å²) < 4.78 is 14.3. The Hall–Kier alpha value is -1.49. The summed E-state index contributed by atoms with van der Waals surface area (Å²) in [4.78, 5) is 15.6. The van der Waals surface area contributed by atoms with E-state index in [0.717, 1.165) is 12.8 Å². The van der Waals surface area contributed by atoms with Crippen LogP contribution in [0.3, 0.4) is 0 Å². The Labute approximate surface area is 111 Å². The molecule has 3 nitrogen and oxygen atoms in total. The van der Waals surface area contributed by atoms with Crippen LogP contribution in [0.4, 0.5) is 4.39 Å². The Kier molecular flexibility index (Phi) is 2.59. The largest absolute Gasteiger partial charge is 0.478 e. The number of hydrogen-bond acceptors (Lipinski definition) is 2. The molecule has 1 saturated carbocycles. The van der Waals surface area contributed by atoms with E-state index < -0.39 is 11.8 Å². The number of pyridine rings is 1. The Morgan fingerprint density at radius 3 is 2.78 bits per heavy atom. The molecule has 0 atom stereocenters. The first kappa shape index (κ1) is 11.6. The third-order valence-corrected chi connectivity index (χ3v) is 3.77. The van der Waals surface area contributed by atoms with Crippen LogP contribution in [0.1, 0.15) is 34.8 Å². The molecule has 0 unspecified atom stereocenters. The van der Waals surface area contributed by atoms with Gasteiger partial charge in [0.1, 0.15) is 11.3 Å². The lowest BCUT2D eigenvalue weighted by Gasteiger charge is -2.08. The first-order valence-electron chi connectivity index (χ1n) is 5.60. The van der Waals surface area contributed by atoms with Crippen LogP contribution < -0.4 is 0 Å². The lowest BCUT2D eigenvalue weighted by molar-refractivity contribution is 0.0699. The van der Waals surface area contributed by atoms with Gasteiger partial charge in [0.25, 0.3) is 0 Å². The minimum atomic E-state index is -1.06. The maximum atomic E-state index is 13.8. The molecule has 1 heterocycles. The van der Waals surface area contributed by atoms with Gasteiger partial charge in [0.05, 0.1) is 5.56 Å². The molecule has 5 heteroatoms. The van der Waals surface area contributed by atoms with Gasteiger partial charge in [0, 0.05) is 21.5 Å². The number of carboxylic acids is 1. The molecule has 0 aliphatic heterocycles. The van der Waals surface area contributed by atoms with Crippen molar-refractivity contribution in [2.75, 3.05) is 0 Å². The average molecular weight is 310 g/mol. The van der Waals surface area contributed by atoms with Crippen molar-refractivity contribution in [1.82, 2.24) is 4.98 Å². The van der Waals surface area contributed by atoms with Crippen molar-refractivity contribution < 1.29 is 14.3 Å². The van der Waals surface area contributed by atoms with Crippen molar-refractivity contribution in [3.63, 3.8) is 0 Å². The minimum absolute atomic E-state index is 0.105. The predicted molar refractivity (Wildman–Crippen MR) is 68.3 cm³/mol. The van der Waals surface area contributed by atoms with E-state index in [1.807, 2.05) is 0 Å². The lowest BCUT2D eigenvalue weighted by Crippen LogP contribution is -2.03. The fourth-order valence-corrected chi connectivity index (χ4v) is 2.58. The molecule has 0 saturated heterocycles. The molecule has 1 aliphatic carbocycles. The second kappa shape index (κ2) is 4.02. The summed E-state index contributed by atoms with van der Waals surface area (Å²) in [5, 5.41) is 9.58. The minimum Gasteiger partial charge on any atom is -0.478 e. The zero-order valence-electron chi connectivity index (χ0n) is 9.28. The molecule has 2 aromatic rings. The van der Waals surface area contributed by atoms with Crippen LogP contribution in [0.2, 0.25) is 0 Å². The molecular weight excluding hydrogens is 301 g/mol. The van der Waals surface area contributed by atoms with Gasteiger partial charge in [-0.25, -0.2) is 14.2 Å². The van der Waals surface area contributed by atoms with Crippen LogP contribution >= 0.6 is 15.9 Å². The van der Waals surface area contributed by atoms with Crippen LogP contribution in [-0.4, -0.2) is 16.1 Å². The molecule has 1 N–H and O–H groups in total. The highest BCUT2D eigenvalue weighted by Crippen LogP contribution is 2.41. The van der Waals surface area contributed by atoms with Gasteiger partial charge in [0.15, 0.2) is 0 Å². The normalized spacial score (nSPS) is 15.0. The van der Waals surface area contributed by atoms with E-state index in [9.17, 15) is 14.3 Å². The van der Waals surface area contributed by atoms with Crippen molar-refractivity contribution in [3.8, 4) is 0 Å². The maximum Gasteiger partial charge on any atom is 0.336 e. The fraction of sp³-hybridized carbons (Fsp3) is 0.231. The van der Waals surface area contributed by atoms with Gasteiger partial charge in [-0.2, -0.15) is 0 Å². The number of aromatic nitrogens is 1. The van der Waals surface area contributed by atoms with Gasteiger partial charge in [-0.3, -0.25) is 0 Å². The first-order chi connectivity index (χ1) is 8.58. The van der Waals surface area contributed by atoms with Crippen LogP contribution in [0.25, 0.3) is 10.9 Å². The van der Waals surface area contributed by atoms with Gasteiger partial charge in [-0.15, -0.1) is 0 Å². The number of fused-ring (bicyclic) bond motifs is 1. The van der Waals surface area contributed by atoms with Crippen molar-refractivity contribution in [1.29, 1.82) is 0 Å². The Morgan fingerprint density at radius 2 is 2.17 bits per heavy atom. The van der Waals surface area contributed by atoms with E-state index >= 15 is 0 Å². The quantitative estimate of drug-likeness (QED) is 0.920. The fourth-order valence-electron chi connectivity index (χ4n) is 2.04. The number of carbonyl (C=O) groups is 1. The zero-order valence-corrected chi connectivity index (χ0v) is 10.9. The molecule has 0 amide bonds. The van der Waals surface area contributed by atoms with Crippen molar-refractivity contribution in [3.05, 3.63) is 39.7 Å². The molecule has 0 radical (unpaired) electrons. The zero-order chi connectivity index (χ0) is 12.9. The molecule has 1 aliphatic rings. The average Bonchev–Trinajstić information content (AvgIpc) is 3.16. The molecule has 18 heavy (non-hydrogen) atoms. The molecule has 92 valence electrons. The van der Waals surface area contributed by atoms with Crippen LogP contribution in [0.15, 0.2) is 22.7 Å². The summed E-state index contributed by atoms with van der Waals surface area (Å²) in [5.41, 5.74) is 0.913. The number of hydrogen-bond donors (Lipinski definition) is 1.